The van der Waals surface area contributed by atoms with Crippen LogP contribution in [0.5, 0.6) is 5.75 Å². The summed E-state index contributed by atoms with van der Waals surface area (Å²) in [6.07, 6.45) is 7.15. The van der Waals surface area contributed by atoms with E-state index in [0.717, 1.165) is 29.2 Å². The summed E-state index contributed by atoms with van der Waals surface area (Å²) < 4.78 is 0. The van der Waals surface area contributed by atoms with E-state index in [-0.39, 0.29) is 0 Å². The van der Waals surface area contributed by atoms with E-state index in [2.05, 4.69) is 5.32 Å². The highest BCUT2D eigenvalue weighted by molar-refractivity contribution is 6.31. The van der Waals surface area contributed by atoms with Gasteiger partial charge in [0.2, 0.25) is 0 Å². The molecule has 0 amide bonds. The van der Waals surface area contributed by atoms with Gasteiger partial charge in [0.1, 0.15) is 5.75 Å². The number of aromatic hydroxyl groups is 1. The zero-order chi connectivity index (χ0) is 13.7. The van der Waals surface area contributed by atoms with E-state index < -0.39 is 0 Å². The molecule has 1 aromatic rings. The van der Waals surface area contributed by atoms with Crippen LogP contribution < -0.4 is 5.32 Å². The molecule has 2 nitrogen and oxygen atoms in total. The van der Waals surface area contributed by atoms with E-state index in [1.807, 2.05) is 6.07 Å². The Kier molecular flexibility index (Phi) is 3.19. The van der Waals surface area contributed by atoms with Crippen molar-refractivity contribution in [3.05, 3.63) is 28.8 Å². The molecule has 4 fully saturated rings. The maximum absolute atomic E-state index is 9.95. The molecule has 2 N–H and O–H groups in total. The minimum atomic E-state index is 0.314. The zero-order valence-corrected chi connectivity index (χ0v) is 12.4. The molecule has 5 rings (SSSR count). The summed E-state index contributed by atoms with van der Waals surface area (Å²) in [7, 11) is 0. The minimum absolute atomic E-state index is 0.314. The average Bonchev–Trinajstić information content (AvgIpc) is 2.40. The Morgan fingerprint density at radius 1 is 1.05 bits per heavy atom. The minimum Gasteiger partial charge on any atom is -0.508 e. The molecule has 0 spiro atoms. The van der Waals surface area contributed by atoms with Gasteiger partial charge >= 0.3 is 0 Å². The number of phenols is 1. The highest BCUT2D eigenvalue weighted by atomic mass is 35.5. The standard InChI is InChI=1S/C17H22ClNO/c18-15-2-1-3-16(20)14(15)9-19-17-12-5-10-4-11(7-12)8-13(17)6-10/h1-3,10-13,17,19-20H,4-9H2. The molecular weight excluding hydrogens is 270 g/mol. The third kappa shape index (κ3) is 2.14. The third-order valence-corrected chi connectivity index (χ3v) is 6.19. The van der Waals surface area contributed by atoms with E-state index in [0.29, 0.717) is 23.4 Å². The van der Waals surface area contributed by atoms with Crippen LogP contribution in [-0.4, -0.2) is 11.1 Å². The summed E-state index contributed by atoms with van der Waals surface area (Å²) in [5, 5.41) is 14.3. The van der Waals surface area contributed by atoms with Crippen LogP contribution in [0.1, 0.15) is 37.7 Å². The molecule has 1 aromatic carbocycles. The van der Waals surface area contributed by atoms with Crippen LogP contribution in [0.15, 0.2) is 18.2 Å². The van der Waals surface area contributed by atoms with Gasteiger partial charge in [-0.05, 0) is 67.9 Å². The lowest BCUT2D eigenvalue weighted by molar-refractivity contribution is -0.0143. The highest BCUT2D eigenvalue weighted by Gasteiger charge is 2.47. The molecular formula is C17H22ClNO. The van der Waals surface area contributed by atoms with E-state index in [4.69, 9.17) is 11.6 Å². The zero-order valence-electron chi connectivity index (χ0n) is 11.7. The summed E-state index contributed by atoms with van der Waals surface area (Å²) in [5.41, 5.74) is 0.850. The van der Waals surface area contributed by atoms with Crippen LogP contribution in [0.25, 0.3) is 0 Å². The normalized spacial score (nSPS) is 38.4. The van der Waals surface area contributed by atoms with Gasteiger partial charge in [-0.2, -0.15) is 0 Å². The molecule has 0 heterocycles. The van der Waals surface area contributed by atoms with Crippen molar-refractivity contribution in [1.82, 2.24) is 5.32 Å². The van der Waals surface area contributed by atoms with Gasteiger partial charge in [-0.25, -0.2) is 0 Å². The van der Waals surface area contributed by atoms with Crippen molar-refractivity contribution in [2.24, 2.45) is 23.7 Å². The lowest BCUT2D eigenvalue weighted by Crippen LogP contribution is -2.54. The van der Waals surface area contributed by atoms with Gasteiger partial charge in [-0.15, -0.1) is 0 Å². The van der Waals surface area contributed by atoms with Crippen molar-refractivity contribution in [2.45, 2.75) is 44.7 Å². The van der Waals surface area contributed by atoms with Gasteiger partial charge in [0.25, 0.3) is 0 Å². The van der Waals surface area contributed by atoms with Crippen molar-refractivity contribution in [1.29, 1.82) is 0 Å². The van der Waals surface area contributed by atoms with E-state index in [1.54, 1.807) is 12.1 Å². The maximum atomic E-state index is 9.95. The van der Waals surface area contributed by atoms with Gasteiger partial charge in [-0.3, -0.25) is 0 Å². The average molecular weight is 292 g/mol. The molecule has 4 aliphatic rings. The van der Waals surface area contributed by atoms with Crippen LogP contribution in [0.4, 0.5) is 0 Å². The van der Waals surface area contributed by atoms with Crippen molar-refractivity contribution < 1.29 is 5.11 Å². The number of rotatable bonds is 3. The predicted octanol–water partition coefficient (Wildman–Crippen LogP) is 3.96. The smallest absolute Gasteiger partial charge is 0.121 e. The first-order valence-corrected chi connectivity index (χ1v) is 8.28. The fourth-order valence-corrected chi connectivity index (χ4v) is 5.44. The Balaban J connectivity index is 1.47. The van der Waals surface area contributed by atoms with E-state index in [9.17, 15) is 5.11 Å². The van der Waals surface area contributed by atoms with Gasteiger partial charge in [0.15, 0.2) is 0 Å². The molecule has 0 unspecified atom stereocenters. The lowest BCUT2D eigenvalue weighted by Gasteiger charge is -2.54. The second-order valence-electron chi connectivity index (χ2n) is 7.07. The quantitative estimate of drug-likeness (QED) is 0.883. The van der Waals surface area contributed by atoms with Gasteiger partial charge < -0.3 is 10.4 Å². The van der Waals surface area contributed by atoms with E-state index in [1.165, 1.54) is 32.1 Å². The van der Waals surface area contributed by atoms with Crippen molar-refractivity contribution in [2.75, 3.05) is 0 Å². The summed E-state index contributed by atoms with van der Waals surface area (Å²) in [5.74, 6) is 4.04. The molecule has 4 saturated carbocycles. The van der Waals surface area contributed by atoms with Crippen molar-refractivity contribution in [3.8, 4) is 5.75 Å². The topological polar surface area (TPSA) is 32.3 Å². The Hall–Kier alpha value is -0.730. The monoisotopic (exact) mass is 291 g/mol. The highest BCUT2D eigenvalue weighted by Crippen LogP contribution is 2.53. The summed E-state index contributed by atoms with van der Waals surface area (Å²) in [6, 6.07) is 6.01. The SMILES string of the molecule is Oc1cccc(Cl)c1CNC1C2CC3CC(C2)CC1C3. The largest absolute Gasteiger partial charge is 0.508 e. The second kappa shape index (κ2) is 4.92. The van der Waals surface area contributed by atoms with Crippen LogP contribution in [-0.2, 0) is 6.54 Å². The third-order valence-electron chi connectivity index (χ3n) is 5.84. The van der Waals surface area contributed by atoms with Gasteiger partial charge in [-0.1, -0.05) is 17.7 Å². The number of halogens is 1. The van der Waals surface area contributed by atoms with Crippen molar-refractivity contribution >= 4 is 11.6 Å². The number of hydrogen-bond donors (Lipinski definition) is 2. The van der Waals surface area contributed by atoms with Crippen LogP contribution in [0.3, 0.4) is 0 Å². The lowest BCUT2D eigenvalue weighted by atomic mass is 9.54. The van der Waals surface area contributed by atoms with E-state index >= 15 is 0 Å². The van der Waals surface area contributed by atoms with Crippen molar-refractivity contribution in [3.63, 3.8) is 0 Å². The van der Waals surface area contributed by atoms with Gasteiger partial charge in [0.05, 0.1) is 0 Å². The molecule has 3 heteroatoms. The second-order valence-corrected chi connectivity index (χ2v) is 7.48. The van der Waals surface area contributed by atoms with Crippen LogP contribution in [0.2, 0.25) is 5.02 Å². The summed E-state index contributed by atoms with van der Waals surface area (Å²) in [6.45, 7) is 0.693. The number of benzene rings is 1. The summed E-state index contributed by atoms with van der Waals surface area (Å²) >= 11 is 6.20. The molecule has 0 saturated heterocycles. The molecule has 20 heavy (non-hydrogen) atoms. The van der Waals surface area contributed by atoms with Gasteiger partial charge in [0, 0.05) is 23.2 Å². The molecule has 0 atom stereocenters. The Labute approximate surface area is 125 Å². The van der Waals surface area contributed by atoms with Crippen LogP contribution in [0, 0.1) is 23.7 Å². The Morgan fingerprint density at radius 2 is 1.70 bits per heavy atom. The number of hydrogen-bond acceptors (Lipinski definition) is 2. The predicted molar refractivity (Wildman–Crippen MR) is 80.8 cm³/mol. The molecule has 4 aliphatic carbocycles. The Morgan fingerprint density at radius 3 is 2.30 bits per heavy atom. The molecule has 0 aliphatic heterocycles. The Bertz CT molecular complexity index is 467. The molecule has 108 valence electrons. The first kappa shape index (κ1) is 13.0. The first-order chi connectivity index (χ1) is 9.70. The number of phenolic OH excluding ortho intramolecular Hbond substituents is 1. The molecule has 0 aromatic heterocycles. The molecule has 4 bridgehead atoms. The van der Waals surface area contributed by atoms with Crippen LogP contribution >= 0.6 is 11.6 Å². The first-order valence-electron chi connectivity index (χ1n) is 7.90. The number of nitrogens with one attached hydrogen (secondary N) is 1. The summed E-state index contributed by atoms with van der Waals surface area (Å²) in [4.78, 5) is 0. The molecule has 0 radical (unpaired) electrons. The fraction of sp³-hybridized carbons (Fsp3) is 0.647. The fourth-order valence-electron chi connectivity index (χ4n) is 5.20. The maximum Gasteiger partial charge on any atom is 0.121 e.